The molecule has 13 heteroatoms. The molecule has 0 unspecified atom stereocenters. The fourth-order valence-corrected chi connectivity index (χ4v) is 4.07. The van der Waals surface area contributed by atoms with Gasteiger partial charge in [-0.1, -0.05) is 6.07 Å². The van der Waals surface area contributed by atoms with Crippen LogP contribution in [0.25, 0.3) is 5.65 Å². The summed E-state index contributed by atoms with van der Waals surface area (Å²) in [7, 11) is 0. The minimum Gasteiger partial charge on any atom is -0.461 e. The lowest BCUT2D eigenvalue weighted by Gasteiger charge is -2.16. The van der Waals surface area contributed by atoms with Crippen molar-refractivity contribution in [1.82, 2.24) is 29.0 Å². The summed E-state index contributed by atoms with van der Waals surface area (Å²) in [5, 5.41) is 6.62. The summed E-state index contributed by atoms with van der Waals surface area (Å²) in [6.07, 6.45) is 2.55. The lowest BCUT2D eigenvalue weighted by molar-refractivity contribution is -0.116. The van der Waals surface area contributed by atoms with Crippen molar-refractivity contribution >= 4 is 29.2 Å². The molecule has 37 heavy (non-hydrogen) atoms. The van der Waals surface area contributed by atoms with Crippen molar-refractivity contribution in [3.8, 4) is 0 Å². The number of carbonyl (C=O) groups is 3. The monoisotopic (exact) mass is 505 g/mol. The number of carbonyl (C=O) groups excluding carboxylic acids is 3. The second-order valence-electron chi connectivity index (χ2n) is 8.13. The minimum absolute atomic E-state index is 0.00551. The number of nitrogens with one attached hydrogen (secondary N) is 1. The standard InChI is InChI=1S/C24H20FN7O5/c1-2-37-24(36)17-9-20-31(13-19(33)28-18-7-6-14(25)10-27-18)21-16(22(34)32(20)29-17)12-30(23(21)35)11-15-5-3-4-8-26-15/h3-10H,2,11-13H2,1H3,(H,27,28,33). The first-order valence-corrected chi connectivity index (χ1v) is 11.3. The molecule has 2 amide bonds. The average molecular weight is 505 g/mol. The largest absolute Gasteiger partial charge is 0.461 e. The maximum atomic E-state index is 13.5. The molecule has 0 bridgehead atoms. The Kier molecular flexibility index (Phi) is 6.17. The second kappa shape index (κ2) is 9.60. The number of hydrogen-bond acceptors (Lipinski definition) is 8. The Hall–Kier alpha value is -4.94. The van der Waals surface area contributed by atoms with Crippen molar-refractivity contribution in [2.45, 2.75) is 26.6 Å². The molecule has 0 atom stereocenters. The van der Waals surface area contributed by atoms with Gasteiger partial charge in [0.05, 0.1) is 37.2 Å². The predicted molar refractivity (Wildman–Crippen MR) is 126 cm³/mol. The number of esters is 1. The van der Waals surface area contributed by atoms with Crippen LogP contribution in [0, 0.1) is 5.82 Å². The average Bonchev–Trinajstić information content (AvgIpc) is 3.47. The Labute approximate surface area is 208 Å². The molecular weight excluding hydrogens is 485 g/mol. The molecule has 12 nitrogen and oxygen atoms in total. The van der Waals surface area contributed by atoms with Gasteiger partial charge >= 0.3 is 5.97 Å². The first kappa shape index (κ1) is 23.8. The zero-order valence-corrected chi connectivity index (χ0v) is 19.5. The maximum Gasteiger partial charge on any atom is 0.358 e. The molecule has 0 fully saturated rings. The zero-order valence-electron chi connectivity index (χ0n) is 19.5. The van der Waals surface area contributed by atoms with E-state index in [0.29, 0.717) is 5.69 Å². The SMILES string of the molecule is CCOC(=O)c1cc2n(CC(=O)Nc3ccc(F)cn3)c3c(c(=O)n2n1)CN(Cc1ccccn1)C3=O. The number of anilines is 1. The third kappa shape index (κ3) is 4.53. The van der Waals surface area contributed by atoms with Gasteiger partial charge in [0, 0.05) is 12.3 Å². The van der Waals surface area contributed by atoms with E-state index >= 15 is 0 Å². The predicted octanol–water partition coefficient (Wildman–Crippen LogP) is 1.40. The third-order valence-electron chi connectivity index (χ3n) is 5.67. The maximum absolute atomic E-state index is 13.5. The Balaban J connectivity index is 1.57. The van der Waals surface area contributed by atoms with Gasteiger partial charge < -0.3 is 19.5 Å². The van der Waals surface area contributed by atoms with Gasteiger partial charge in [0.15, 0.2) is 5.69 Å². The highest BCUT2D eigenvalue weighted by atomic mass is 19.1. The van der Waals surface area contributed by atoms with Crippen molar-refractivity contribution in [3.05, 3.63) is 87.6 Å². The summed E-state index contributed by atoms with van der Waals surface area (Å²) in [6, 6.07) is 9.00. The highest BCUT2D eigenvalue weighted by molar-refractivity contribution is 5.99. The van der Waals surface area contributed by atoms with Crippen LogP contribution in [0.5, 0.6) is 0 Å². The molecular formula is C24H20FN7O5. The van der Waals surface area contributed by atoms with E-state index in [2.05, 4.69) is 20.4 Å². The van der Waals surface area contributed by atoms with E-state index in [1.54, 1.807) is 31.3 Å². The van der Waals surface area contributed by atoms with E-state index in [1.807, 2.05) is 0 Å². The molecule has 188 valence electrons. The Morgan fingerprint density at radius 2 is 2.00 bits per heavy atom. The van der Waals surface area contributed by atoms with E-state index in [-0.39, 0.29) is 48.1 Å². The number of hydrogen-bond donors (Lipinski definition) is 1. The summed E-state index contributed by atoms with van der Waals surface area (Å²) in [6.45, 7) is 1.43. The van der Waals surface area contributed by atoms with E-state index in [0.717, 1.165) is 16.8 Å². The molecule has 0 radical (unpaired) electrons. The van der Waals surface area contributed by atoms with Crippen LogP contribution in [-0.2, 0) is 29.2 Å². The number of halogens is 1. The van der Waals surface area contributed by atoms with Crippen LogP contribution in [-0.4, -0.2) is 53.4 Å². The quantitative estimate of drug-likeness (QED) is 0.372. The summed E-state index contributed by atoms with van der Waals surface area (Å²) in [4.78, 5) is 61.5. The van der Waals surface area contributed by atoms with Crippen LogP contribution < -0.4 is 10.9 Å². The molecule has 0 saturated carbocycles. The van der Waals surface area contributed by atoms with Crippen LogP contribution in [0.1, 0.15) is 39.2 Å². The molecule has 0 aliphatic carbocycles. The van der Waals surface area contributed by atoms with E-state index in [4.69, 9.17) is 4.74 Å². The number of amides is 2. The number of aromatic nitrogens is 5. The van der Waals surface area contributed by atoms with Gasteiger partial charge in [0.2, 0.25) is 5.91 Å². The van der Waals surface area contributed by atoms with Gasteiger partial charge in [-0.25, -0.2) is 14.2 Å². The third-order valence-corrected chi connectivity index (χ3v) is 5.67. The molecule has 5 rings (SSSR count). The van der Waals surface area contributed by atoms with Crippen LogP contribution in [0.2, 0.25) is 0 Å². The van der Waals surface area contributed by atoms with Crippen LogP contribution in [0.3, 0.4) is 0 Å². The second-order valence-corrected chi connectivity index (χ2v) is 8.13. The summed E-state index contributed by atoms with van der Waals surface area (Å²) in [5.74, 6) is -2.29. The highest BCUT2D eigenvalue weighted by Gasteiger charge is 2.35. The smallest absolute Gasteiger partial charge is 0.358 e. The Morgan fingerprint density at radius 3 is 2.70 bits per heavy atom. The first-order chi connectivity index (χ1) is 17.9. The number of rotatable bonds is 7. The molecule has 4 aromatic heterocycles. The van der Waals surface area contributed by atoms with Gasteiger partial charge in [-0.15, -0.1) is 0 Å². The van der Waals surface area contributed by atoms with Crippen molar-refractivity contribution in [2.24, 2.45) is 0 Å². The van der Waals surface area contributed by atoms with Crippen molar-refractivity contribution in [1.29, 1.82) is 0 Å². The lowest BCUT2D eigenvalue weighted by Crippen LogP contribution is -2.30. The van der Waals surface area contributed by atoms with Crippen molar-refractivity contribution in [2.75, 3.05) is 11.9 Å². The fraction of sp³-hybridized carbons (Fsp3) is 0.208. The minimum atomic E-state index is -0.750. The number of nitrogens with zero attached hydrogens (tertiary/aromatic N) is 6. The number of pyridine rings is 2. The summed E-state index contributed by atoms with van der Waals surface area (Å²) >= 11 is 0. The van der Waals surface area contributed by atoms with E-state index in [9.17, 15) is 23.6 Å². The molecule has 1 aliphatic heterocycles. The molecule has 4 aromatic rings. The van der Waals surface area contributed by atoms with Crippen LogP contribution in [0.15, 0.2) is 53.6 Å². The zero-order chi connectivity index (χ0) is 26.1. The first-order valence-electron chi connectivity index (χ1n) is 11.3. The van der Waals surface area contributed by atoms with Gasteiger partial charge in [-0.3, -0.25) is 19.4 Å². The number of fused-ring (bicyclic) bond motifs is 2. The van der Waals surface area contributed by atoms with Crippen LogP contribution >= 0.6 is 0 Å². The summed E-state index contributed by atoms with van der Waals surface area (Å²) < 4.78 is 20.5. The molecule has 1 aliphatic rings. The molecule has 0 saturated heterocycles. The van der Waals surface area contributed by atoms with Gasteiger partial charge in [-0.05, 0) is 31.2 Å². The Morgan fingerprint density at radius 1 is 1.16 bits per heavy atom. The van der Waals surface area contributed by atoms with Gasteiger partial charge in [-0.2, -0.15) is 9.61 Å². The Bertz CT molecular complexity index is 1580. The molecule has 0 aromatic carbocycles. The topological polar surface area (TPSA) is 141 Å². The van der Waals surface area contributed by atoms with Gasteiger partial charge in [0.1, 0.15) is 29.5 Å². The van der Waals surface area contributed by atoms with E-state index in [1.165, 1.54) is 21.6 Å². The highest BCUT2D eigenvalue weighted by Crippen LogP contribution is 2.24. The molecule has 0 spiro atoms. The molecule has 5 heterocycles. The lowest BCUT2D eigenvalue weighted by atomic mass is 10.2. The number of ether oxygens (including phenoxy) is 1. The van der Waals surface area contributed by atoms with Gasteiger partial charge in [0.25, 0.3) is 11.5 Å². The molecule has 1 N–H and O–H groups in total. The van der Waals surface area contributed by atoms with Crippen molar-refractivity contribution in [3.63, 3.8) is 0 Å². The summed E-state index contributed by atoms with van der Waals surface area (Å²) in [5.41, 5.74) is 0.0777. The van der Waals surface area contributed by atoms with Crippen LogP contribution in [0.4, 0.5) is 10.2 Å². The normalized spacial score (nSPS) is 12.6. The van der Waals surface area contributed by atoms with Crippen molar-refractivity contribution < 1.29 is 23.5 Å². The van der Waals surface area contributed by atoms with E-state index < -0.39 is 35.7 Å². The fourth-order valence-electron chi connectivity index (χ4n) is 4.07.